The second-order valence-electron chi connectivity index (χ2n) is 7.95. The molecule has 8 heteroatoms. The summed E-state index contributed by atoms with van der Waals surface area (Å²) >= 11 is 0. The summed E-state index contributed by atoms with van der Waals surface area (Å²) in [5.74, 6) is -1.49. The SMILES string of the molecule is CCC(C)NC(=O)c1ccc2c(c1)N(Cc1ccccc1F)C(=O)c1ccccc1S2(=O)=O. The molecule has 3 aromatic carbocycles. The first kappa shape index (κ1) is 22.7. The van der Waals surface area contributed by atoms with Crippen molar-refractivity contribution in [3.8, 4) is 0 Å². The lowest BCUT2D eigenvalue weighted by atomic mass is 10.1. The Morgan fingerprint density at radius 2 is 1.73 bits per heavy atom. The van der Waals surface area contributed by atoms with Crippen LogP contribution in [0.3, 0.4) is 0 Å². The van der Waals surface area contributed by atoms with Gasteiger partial charge in [0, 0.05) is 17.2 Å². The molecule has 6 nitrogen and oxygen atoms in total. The number of carbonyl (C=O) groups excluding carboxylic acids is 2. The zero-order valence-electron chi connectivity index (χ0n) is 18.2. The predicted octanol–water partition coefficient (Wildman–Crippen LogP) is 4.35. The van der Waals surface area contributed by atoms with E-state index in [4.69, 9.17) is 0 Å². The standard InChI is InChI=1S/C25H23FN2O4S/c1-3-16(2)27-24(29)17-12-13-23-21(14-17)28(15-18-8-4-6-10-20(18)26)25(30)19-9-5-7-11-22(19)33(23,31)32/h4-14,16H,3,15H2,1-2H3,(H,27,29). The molecule has 1 N–H and O–H groups in total. The van der Waals surface area contributed by atoms with Crippen molar-refractivity contribution in [1.29, 1.82) is 0 Å². The van der Waals surface area contributed by atoms with Gasteiger partial charge in [-0.05, 0) is 49.7 Å². The minimum Gasteiger partial charge on any atom is -0.350 e. The van der Waals surface area contributed by atoms with Gasteiger partial charge in [-0.2, -0.15) is 0 Å². The Kier molecular flexibility index (Phi) is 6.03. The van der Waals surface area contributed by atoms with Crippen molar-refractivity contribution in [3.63, 3.8) is 0 Å². The number of amides is 2. The molecule has 0 aliphatic carbocycles. The van der Waals surface area contributed by atoms with Gasteiger partial charge >= 0.3 is 0 Å². The topological polar surface area (TPSA) is 83.6 Å². The van der Waals surface area contributed by atoms with Crippen LogP contribution in [0.4, 0.5) is 10.1 Å². The molecule has 1 aliphatic rings. The summed E-state index contributed by atoms with van der Waals surface area (Å²) < 4.78 is 41.4. The third kappa shape index (κ3) is 4.14. The molecular formula is C25H23FN2O4S. The smallest absolute Gasteiger partial charge is 0.259 e. The van der Waals surface area contributed by atoms with E-state index in [0.29, 0.717) is 0 Å². The number of halogens is 1. The Balaban J connectivity index is 1.92. The van der Waals surface area contributed by atoms with Gasteiger partial charge in [0.25, 0.3) is 11.8 Å². The van der Waals surface area contributed by atoms with Crippen LogP contribution < -0.4 is 10.2 Å². The average molecular weight is 467 g/mol. The second-order valence-corrected chi connectivity index (χ2v) is 9.83. The molecule has 3 aromatic rings. The summed E-state index contributed by atoms with van der Waals surface area (Å²) in [5, 5.41) is 2.84. The zero-order valence-corrected chi connectivity index (χ0v) is 19.0. The number of nitrogens with one attached hydrogen (secondary N) is 1. The van der Waals surface area contributed by atoms with Gasteiger partial charge in [0.05, 0.1) is 27.6 Å². The summed E-state index contributed by atoms with van der Waals surface area (Å²) in [6.45, 7) is 3.59. The maximum atomic E-state index is 14.5. The summed E-state index contributed by atoms with van der Waals surface area (Å²) in [6.07, 6.45) is 0.721. The molecule has 1 aliphatic heterocycles. The van der Waals surface area contributed by atoms with Crippen LogP contribution in [0, 0.1) is 5.82 Å². The average Bonchev–Trinajstić information content (AvgIpc) is 2.88. The number of nitrogens with zero attached hydrogens (tertiary/aromatic N) is 1. The molecule has 0 spiro atoms. The third-order valence-electron chi connectivity index (χ3n) is 5.73. The normalized spacial score (nSPS) is 15.2. The fraction of sp³-hybridized carbons (Fsp3) is 0.200. The number of carbonyl (C=O) groups is 2. The number of fused-ring (bicyclic) bond motifs is 2. The number of anilines is 1. The van der Waals surface area contributed by atoms with E-state index < -0.39 is 21.6 Å². The Labute approximate surface area is 192 Å². The number of hydrogen-bond donors (Lipinski definition) is 1. The Hall–Kier alpha value is -3.52. The predicted molar refractivity (Wildman–Crippen MR) is 122 cm³/mol. The van der Waals surface area contributed by atoms with E-state index in [0.717, 1.165) is 6.42 Å². The van der Waals surface area contributed by atoms with E-state index in [1.165, 1.54) is 53.4 Å². The molecule has 0 bridgehead atoms. The molecule has 4 rings (SSSR count). The van der Waals surface area contributed by atoms with Gasteiger partial charge in [-0.1, -0.05) is 37.3 Å². The van der Waals surface area contributed by atoms with Crippen molar-refractivity contribution in [2.45, 2.75) is 42.6 Å². The molecule has 170 valence electrons. The number of hydrogen-bond acceptors (Lipinski definition) is 4. The van der Waals surface area contributed by atoms with Crippen LogP contribution in [0.2, 0.25) is 0 Å². The van der Waals surface area contributed by atoms with Crippen LogP contribution in [-0.2, 0) is 16.4 Å². The Bertz CT molecular complexity index is 1350. The summed E-state index contributed by atoms with van der Waals surface area (Å²) in [7, 11) is -4.06. The lowest BCUT2D eigenvalue weighted by molar-refractivity contribution is 0.0936. The van der Waals surface area contributed by atoms with Crippen LogP contribution in [0.5, 0.6) is 0 Å². The molecule has 0 saturated heterocycles. The first-order valence-corrected chi connectivity index (χ1v) is 12.1. The lowest BCUT2D eigenvalue weighted by Gasteiger charge is -2.24. The molecule has 1 heterocycles. The largest absolute Gasteiger partial charge is 0.350 e. The molecule has 0 radical (unpaired) electrons. The Morgan fingerprint density at radius 1 is 1.03 bits per heavy atom. The molecule has 1 unspecified atom stereocenters. The highest BCUT2D eigenvalue weighted by molar-refractivity contribution is 7.91. The highest BCUT2D eigenvalue weighted by Crippen LogP contribution is 2.38. The first-order chi connectivity index (χ1) is 15.7. The van der Waals surface area contributed by atoms with E-state index in [-0.39, 0.29) is 50.7 Å². The van der Waals surface area contributed by atoms with Crippen LogP contribution in [0.25, 0.3) is 0 Å². The van der Waals surface area contributed by atoms with Crippen molar-refractivity contribution in [3.05, 3.63) is 89.2 Å². The second kappa shape index (κ2) is 8.78. The van der Waals surface area contributed by atoms with Crippen LogP contribution in [0.15, 0.2) is 76.5 Å². The van der Waals surface area contributed by atoms with Crippen LogP contribution in [0.1, 0.15) is 46.5 Å². The number of benzene rings is 3. The minimum absolute atomic E-state index is 0.00403. The zero-order chi connectivity index (χ0) is 23.8. The van der Waals surface area contributed by atoms with Gasteiger partial charge in [-0.15, -0.1) is 0 Å². The fourth-order valence-electron chi connectivity index (χ4n) is 3.71. The summed E-state index contributed by atoms with van der Waals surface area (Å²) in [4.78, 5) is 27.3. The minimum atomic E-state index is -4.06. The van der Waals surface area contributed by atoms with Gasteiger partial charge in [-0.25, -0.2) is 12.8 Å². The van der Waals surface area contributed by atoms with Crippen molar-refractivity contribution in [2.24, 2.45) is 0 Å². The maximum absolute atomic E-state index is 14.5. The fourth-order valence-corrected chi connectivity index (χ4v) is 5.34. The summed E-state index contributed by atoms with van der Waals surface area (Å²) in [6, 6.07) is 16.0. The molecule has 0 fully saturated rings. The molecule has 0 aromatic heterocycles. The van der Waals surface area contributed by atoms with Gasteiger partial charge in [0.15, 0.2) is 0 Å². The maximum Gasteiger partial charge on any atom is 0.259 e. The van der Waals surface area contributed by atoms with E-state index in [1.54, 1.807) is 18.2 Å². The summed E-state index contributed by atoms with van der Waals surface area (Å²) in [5.41, 5.74) is 0.469. The third-order valence-corrected chi connectivity index (χ3v) is 7.59. The molecular weight excluding hydrogens is 443 g/mol. The van der Waals surface area contributed by atoms with E-state index >= 15 is 0 Å². The Morgan fingerprint density at radius 3 is 2.45 bits per heavy atom. The van der Waals surface area contributed by atoms with Gasteiger partial charge in [0.1, 0.15) is 5.82 Å². The molecule has 2 amide bonds. The lowest BCUT2D eigenvalue weighted by Crippen LogP contribution is -2.33. The molecule has 0 saturated carbocycles. The molecule has 33 heavy (non-hydrogen) atoms. The quantitative estimate of drug-likeness (QED) is 0.606. The van der Waals surface area contributed by atoms with E-state index in [2.05, 4.69) is 5.32 Å². The molecule has 1 atom stereocenters. The van der Waals surface area contributed by atoms with Crippen molar-refractivity contribution < 1.29 is 22.4 Å². The number of rotatable bonds is 5. The van der Waals surface area contributed by atoms with Gasteiger partial charge in [0.2, 0.25) is 9.84 Å². The van der Waals surface area contributed by atoms with Crippen LogP contribution >= 0.6 is 0 Å². The van der Waals surface area contributed by atoms with Crippen molar-refractivity contribution in [1.82, 2.24) is 5.32 Å². The number of sulfone groups is 1. The van der Waals surface area contributed by atoms with Crippen LogP contribution in [-0.4, -0.2) is 26.3 Å². The van der Waals surface area contributed by atoms with E-state index in [9.17, 15) is 22.4 Å². The highest BCUT2D eigenvalue weighted by Gasteiger charge is 2.36. The van der Waals surface area contributed by atoms with Gasteiger partial charge in [-0.3, -0.25) is 9.59 Å². The van der Waals surface area contributed by atoms with E-state index in [1.807, 2.05) is 13.8 Å². The van der Waals surface area contributed by atoms with Crippen molar-refractivity contribution >= 4 is 27.3 Å². The monoisotopic (exact) mass is 466 g/mol. The first-order valence-electron chi connectivity index (χ1n) is 10.6. The van der Waals surface area contributed by atoms with Crippen molar-refractivity contribution in [2.75, 3.05) is 4.90 Å². The highest BCUT2D eigenvalue weighted by atomic mass is 32.2. The van der Waals surface area contributed by atoms with Gasteiger partial charge < -0.3 is 10.2 Å².